The highest BCUT2D eigenvalue weighted by Crippen LogP contribution is 2.32. The molecule has 1 aliphatic rings. The lowest BCUT2D eigenvalue weighted by atomic mass is 10.1. The second kappa shape index (κ2) is 12.0. The van der Waals surface area contributed by atoms with Crippen molar-refractivity contribution in [3.8, 4) is 34.4 Å². The zero-order valence-corrected chi connectivity index (χ0v) is 24.4. The zero-order valence-electron chi connectivity index (χ0n) is 24.4. The van der Waals surface area contributed by atoms with Crippen LogP contribution in [0.2, 0.25) is 0 Å². The first-order chi connectivity index (χ1) is 22.1. The molecule has 2 N–H and O–H groups in total. The number of nitrogen functional groups attached to an aromatic ring is 1. The molecule has 0 radical (unpaired) electrons. The average molecular weight is 592 g/mol. The summed E-state index contributed by atoms with van der Waals surface area (Å²) in [6, 6.07) is 31.5. The van der Waals surface area contributed by atoms with E-state index in [9.17, 15) is 4.79 Å². The van der Waals surface area contributed by atoms with Crippen molar-refractivity contribution in [1.29, 1.82) is 5.26 Å². The van der Waals surface area contributed by atoms with Crippen molar-refractivity contribution in [3.05, 3.63) is 120 Å². The number of nitrogens with zero attached hydrogens (tertiary/aromatic N) is 8. The van der Waals surface area contributed by atoms with E-state index in [1.807, 2.05) is 59.2 Å². The molecule has 1 aliphatic heterocycles. The Morgan fingerprint density at radius 2 is 1.64 bits per heavy atom. The van der Waals surface area contributed by atoms with Gasteiger partial charge in [-0.05, 0) is 54.1 Å². The largest absolute Gasteiger partial charge is 0.383 e. The molecule has 5 heterocycles. The maximum Gasteiger partial charge on any atom is 0.272 e. The molecule has 45 heavy (non-hydrogen) atoms. The maximum absolute atomic E-state index is 12.9. The summed E-state index contributed by atoms with van der Waals surface area (Å²) >= 11 is 0. The first kappa shape index (κ1) is 27.9. The number of imidazole rings is 1. The van der Waals surface area contributed by atoms with Gasteiger partial charge in [-0.15, -0.1) is 0 Å². The molecule has 0 spiro atoms. The number of carbonyl (C=O) groups excluding carboxylic acids is 1. The lowest BCUT2D eigenvalue weighted by Crippen LogP contribution is -2.48. The predicted molar refractivity (Wildman–Crippen MR) is 172 cm³/mol. The van der Waals surface area contributed by atoms with Crippen LogP contribution in [0.5, 0.6) is 0 Å². The van der Waals surface area contributed by atoms with Crippen LogP contribution in [0.3, 0.4) is 0 Å². The van der Waals surface area contributed by atoms with Crippen LogP contribution in [-0.4, -0.2) is 66.4 Å². The third kappa shape index (κ3) is 5.60. The molecule has 1 saturated heterocycles. The average Bonchev–Trinajstić information content (AvgIpc) is 3.48. The summed E-state index contributed by atoms with van der Waals surface area (Å²) in [4.78, 5) is 35.5. The number of aromatic nitrogens is 5. The fourth-order valence-corrected chi connectivity index (χ4v) is 5.66. The van der Waals surface area contributed by atoms with E-state index in [0.29, 0.717) is 36.0 Å². The number of nitriles is 1. The van der Waals surface area contributed by atoms with Crippen molar-refractivity contribution in [3.63, 3.8) is 0 Å². The summed E-state index contributed by atoms with van der Waals surface area (Å²) in [5.41, 5.74) is 13.3. The zero-order chi connectivity index (χ0) is 30.8. The monoisotopic (exact) mass is 591 g/mol. The highest BCUT2D eigenvalue weighted by molar-refractivity contribution is 5.92. The van der Waals surface area contributed by atoms with Crippen LogP contribution in [0, 0.1) is 11.3 Å². The minimum atomic E-state index is -0.141. The second-order valence-corrected chi connectivity index (χ2v) is 10.9. The molecule has 0 bridgehead atoms. The molecule has 6 aromatic rings. The minimum Gasteiger partial charge on any atom is -0.383 e. The van der Waals surface area contributed by atoms with Crippen LogP contribution in [0.4, 0.5) is 5.82 Å². The van der Waals surface area contributed by atoms with Gasteiger partial charge in [0.05, 0.1) is 22.9 Å². The number of carbonyl (C=O) groups is 1. The minimum absolute atomic E-state index is 0.141. The van der Waals surface area contributed by atoms with Crippen molar-refractivity contribution in [1.82, 2.24) is 34.3 Å². The van der Waals surface area contributed by atoms with Gasteiger partial charge in [0, 0.05) is 56.4 Å². The van der Waals surface area contributed by atoms with Gasteiger partial charge >= 0.3 is 0 Å². The molecule has 220 valence electrons. The summed E-state index contributed by atoms with van der Waals surface area (Å²) in [5.74, 6) is 0.939. The van der Waals surface area contributed by atoms with Crippen molar-refractivity contribution >= 4 is 22.9 Å². The summed E-state index contributed by atoms with van der Waals surface area (Å²) in [6.45, 7) is 3.44. The molecule has 2 aromatic carbocycles. The van der Waals surface area contributed by atoms with E-state index in [1.54, 1.807) is 23.2 Å². The Morgan fingerprint density at radius 1 is 0.844 bits per heavy atom. The maximum atomic E-state index is 12.9. The number of anilines is 1. The number of benzene rings is 2. The van der Waals surface area contributed by atoms with Crippen LogP contribution < -0.4 is 5.73 Å². The lowest BCUT2D eigenvalue weighted by molar-refractivity contribution is 0.0622. The molecule has 1 amide bonds. The number of rotatable bonds is 6. The molecule has 10 nitrogen and oxygen atoms in total. The topological polar surface area (TPSA) is 130 Å². The van der Waals surface area contributed by atoms with Gasteiger partial charge in [-0.1, -0.05) is 42.5 Å². The number of hydrogen-bond donors (Lipinski definition) is 1. The Hall–Kier alpha value is -5.92. The van der Waals surface area contributed by atoms with Crippen LogP contribution in [0.1, 0.15) is 21.6 Å². The van der Waals surface area contributed by atoms with E-state index < -0.39 is 0 Å². The molecule has 0 saturated carbocycles. The number of amides is 1. The van der Waals surface area contributed by atoms with Gasteiger partial charge < -0.3 is 10.6 Å². The fraction of sp³-hybridized carbons (Fsp3) is 0.143. The number of piperazine rings is 1. The van der Waals surface area contributed by atoms with E-state index >= 15 is 0 Å². The van der Waals surface area contributed by atoms with Crippen LogP contribution in [0.15, 0.2) is 103 Å². The van der Waals surface area contributed by atoms with Gasteiger partial charge in [-0.25, -0.2) is 15.0 Å². The highest BCUT2D eigenvalue weighted by Gasteiger charge is 2.24. The molecular weight excluding hydrogens is 562 g/mol. The Morgan fingerprint density at radius 3 is 2.40 bits per heavy atom. The highest BCUT2D eigenvalue weighted by atomic mass is 16.2. The fourth-order valence-electron chi connectivity index (χ4n) is 5.66. The third-order valence-corrected chi connectivity index (χ3v) is 8.02. The first-order valence-corrected chi connectivity index (χ1v) is 14.7. The number of hydrogen-bond acceptors (Lipinski definition) is 8. The standard InChI is InChI=1S/C35H29N9O/c36-22-25-14-16-38-31(21-25)35(45)43-19-17-42(18-20-43)23-24-8-10-27(11-9-24)44-33(28-7-4-15-39-32(28)37)41-30-13-12-29(40-34(30)44)26-5-2-1-3-6-26/h1-16,21H,17-20,23H2,(H2,37,39). The van der Waals surface area contributed by atoms with Gasteiger partial charge in [0.25, 0.3) is 5.91 Å². The number of pyridine rings is 3. The number of fused-ring (bicyclic) bond motifs is 1. The molecule has 0 unspecified atom stereocenters. The molecule has 4 aromatic heterocycles. The lowest BCUT2D eigenvalue weighted by Gasteiger charge is -2.34. The quantitative estimate of drug-likeness (QED) is 0.288. The van der Waals surface area contributed by atoms with E-state index in [2.05, 4.69) is 45.2 Å². The van der Waals surface area contributed by atoms with Crippen molar-refractivity contribution < 1.29 is 4.79 Å². The van der Waals surface area contributed by atoms with Crippen LogP contribution in [-0.2, 0) is 6.54 Å². The Balaban J connectivity index is 1.13. The molecule has 0 aliphatic carbocycles. The summed E-state index contributed by atoms with van der Waals surface area (Å²) in [7, 11) is 0. The Kier molecular flexibility index (Phi) is 7.43. The summed E-state index contributed by atoms with van der Waals surface area (Å²) in [5, 5.41) is 9.15. The second-order valence-electron chi connectivity index (χ2n) is 10.9. The summed E-state index contributed by atoms with van der Waals surface area (Å²) < 4.78 is 2.04. The van der Waals surface area contributed by atoms with Crippen molar-refractivity contribution in [2.24, 2.45) is 0 Å². The van der Waals surface area contributed by atoms with Crippen molar-refractivity contribution in [2.45, 2.75) is 6.54 Å². The SMILES string of the molecule is N#Cc1ccnc(C(=O)N2CCN(Cc3ccc(-n4c(-c5cccnc5N)nc5ccc(-c6ccccc6)nc54)cc3)CC2)c1. The van der Waals surface area contributed by atoms with Gasteiger partial charge in [0.15, 0.2) is 11.5 Å². The first-order valence-electron chi connectivity index (χ1n) is 14.7. The van der Waals surface area contributed by atoms with E-state index in [4.69, 9.17) is 21.0 Å². The van der Waals surface area contributed by atoms with Gasteiger partial charge in [0.1, 0.15) is 17.0 Å². The smallest absolute Gasteiger partial charge is 0.272 e. The van der Waals surface area contributed by atoms with Crippen LogP contribution in [0.25, 0.3) is 39.5 Å². The Bertz CT molecular complexity index is 2040. The van der Waals surface area contributed by atoms with E-state index in [0.717, 1.165) is 58.9 Å². The van der Waals surface area contributed by atoms with E-state index in [-0.39, 0.29) is 5.91 Å². The Labute approximate surface area is 260 Å². The third-order valence-electron chi connectivity index (χ3n) is 8.02. The van der Waals surface area contributed by atoms with E-state index in [1.165, 1.54) is 6.20 Å². The molecular formula is C35H29N9O. The summed E-state index contributed by atoms with van der Waals surface area (Å²) in [6.07, 6.45) is 3.18. The molecule has 10 heteroatoms. The van der Waals surface area contributed by atoms with Gasteiger partial charge in [-0.3, -0.25) is 19.2 Å². The van der Waals surface area contributed by atoms with Crippen molar-refractivity contribution in [2.75, 3.05) is 31.9 Å². The normalized spacial score (nSPS) is 13.5. The van der Waals surface area contributed by atoms with Crippen LogP contribution >= 0.6 is 0 Å². The molecule has 1 fully saturated rings. The molecule has 0 atom stereocenters. The predicted octanol–water partition coefficient (Wildman–Crippen LogP) is 4.96. The van der Waals surface area contributed by atoms with Gasteiger partial charge in [0.2, 0.25) is 0 Å². The van der Waals surface area contributed by atoms with Gasteiger partial charge in [-0.2, -0.15) is 5.26 Å². The number of nitrogens with two attached hydrogens (primary N) is 1. The molecule has 7 rings (SSSR count).